The van der Waals surface area contributed by atoms with E-state index in [0.717, 1.165) is 40.3 Å². The summed E-state index contributed by atoms with van der Waals surface area (Å²) in [6, 6.07) is 10.5. The van der Waals surface area contributed by atoms with Gasteiger partial charge in [0.15, 0.2) is 0 Å². The molecule has 1 aliphatic heterocycles. The van der Waals surface area contributed by atoms with Gasteiger partial charge in [0.25, 0.3) is 0 Å². The summed E-state index contributed by atoms with van der Waals surface area (Å²) in [6.45, 7) is 2.08. The van der Waals surface area contributed by atoms with Crippen molar-refractivity contribution in [2.75, 3.05) is 24.2 Å². The second-order valence-corrected chi connectivity index (χ2v) is 5.46. The maximum absolute atomic E-state index is 9.52. The summed E-state index contributed by atoms with van der Waals surface area (Å²) < 4.78 is 0. The molecule has 0 spiro atoms. The summed E-state index contributed by atoms with van der Waals surface area (Å²) in [5.74, 6) is 0. The lowest BCUT2D eigenvalue weighted by Gasteiger charge is -2.22. The van der Waals surface area contributed by atoms with Crippen molar-refractivity contribution in [2.45, 2.75) is 17.9 Å². The van der Waals surface area contributed by atoms with Gasteiger partial charge in [-0.1, -0.05) is 18.2 Å². The first-order valence-corrected chi connectivity index (χ1v) is 7.69. The van der Waals surface area contributed by atoms with Crippen molar-refractivity contribution in [3.63, 3.8) is 0 Å². The number of hydrogen-bond acceptors (Lipinski definition) is 4. The van der Waals surface area contributed by atoms with Crippen LogP contribution in [0.1, 0.15) is 18.4 Å². The van der Waals surface area contributed by atoms with Crippen molar-refractivity contribution >= 4 is 28.4 Å². The van der Waals surface area contributed by atoms with E-state index in [1.165, 1.54) is 12.8 Å². The molecular weight excluding hydrogens is 254 g/mol. The maximum atomic E-state index is 9.52. The smallest absolute Gasteiger partial charge is 0.116 e. The number of rotatable bonds is 2. The topological polar surface area (TPSA) is 39.9 Å². The summed E-state index contributed by atoms with van der Waals surface area (Å²) in [6.07, 6.45) is 4.39. The average Bonchev–Trinajstić information content (AvgIpc) is 2.98. The van der Waals surface area contributed by atoms with Gasteiger partial charge in [0.2, 0.25) is 0 Å². The number of benzene rings is 1. The molecule has 3 rings (SSSR count). The Hall–Kier alpha value is -1.73. The molecule has 0 N–H and O–H groups in total. The van der Waals surface area contributed by atoms with Crippen LogP contribution in [0.15, 0.2) is 29.3 Å². The van der Waals surface area contributed by atoms with Crippen LogP contribution in [0.5, 0.6) is 0 Å². The standard InChI is InChI=1S/C15H15N3S/c1-19-15-12(10-16)14(18-8-4-5-9-18)11-6-2-3-7-13(11)17-15/h2-3,6-7H,4-5,8-9H2,1H3. The van der Waals surface area contributed by atoms with E-state index in [2.05, 4.69) is 22.0 Å². The van der Waals surface area contributed by atoms with E-state index in [1.807, 2.05) is 24.5 Å². The fourth-order valence-electron chi connectivity index (χ4n) is 2.69. The van der Waals surface area contributed by atoms with E-state index in [-0.39, 0.29) is 0 Å². The van der Waals surface area contributed by atoms with Crippen LogP contribution in [0.4, 0.5) is 5.69 Å². The summed E-state index contributed by atoms with van der Waals surface area (Å²) in [5, 5.41) is 11.5. The third-order valence-electron chi connectivity index (χ3n) is 3.56. The summed E-state index contributed by atoms with van der Waals surface area (Å²) in [4.78, 5) is 6.95. The Morgan fingerprint density at radius 3 is 2.68 bits per heavy atom. The van der Waals surface area contributed by atoms with Gasteiger partial charge < -0.3 is 4.90 Å². The van der Waals surface area contributed by atoms with Crippen molar-refractivity contribution in [3.8, 4) is 6.07 Å². The Balaban J connectivity index is 2.33. The van der Waals surface area contributed by atoms with Crippen molar-refractivity contribution in [2.24, 2.45) is 0 Å². The second kappa shape index (κ2) is 5.10. The quantitative estimate of drug-likeness (QED) is 0.783. The lowest BCUT2D eigenvalue weighted by atomic mass is 10.1. The number of anilines is 1. The van der Waals surface area contributed by atoms with Gasteiger partial charge in [-0.15, -0.1) is 11.8 Å². The van der Waals surface area contributed by atoms with Crippen LogP contribution >= 0.6 is 11.8 Å². The lowest BCUT2D eigenvalue weighted by molar-refractivity contribution is 0.949. The molecule has 2 aromatic rings. The predicted molar refractivity (Wildman–Crippen MR) is 79.7 cm³/mol. The molecule has 0 amide bonds. The highest BCUT2D eigenvalue weighted by Crippen LogP contribution is 2.36. The summed E-state index contributed by atoms with van der Waals surface area (Å²) in [5.41, 5.74) is 2.79. The molecular formula is C15H15N3S. The number of aromatic nitrogens is 1. The van der Waals surface area contributed by atoms with Crippen LogP contribution in [0.25, 0.3) is 10.9 Å². The van der Waals surface area contributed by atoms with Crippen LogP contribution in [-0.2, 0) is 0 Å². The van der Waals surface area contributed by atoms with Crippen molar-refractivity contribution in [1.29, 1.82) is 5.26 Å². The Morgan fingerprint density at radius 2 is 2.00 bits per heavy atom. The third kappa shape index (κ3) is 2.04. The van der Waals surface area contributed by atoms with Gasteiger partial charge in [-0.05, 0) is 25.2 Å². The zero-order valence-electron chi connectivity index (χ0n) is 10.9. The van der Waals surface area contributed by atoms with Crippen LogP contribution in [0.3, 0.4) is 0 Å². The normalized spacial score (nSPS) is 14.8. The number of thioether (sulfide) groups is 1. The minimum atomic E-state index is 0.730. The summed E-state index contributed by atoms with van der Waals surface area (Å²) in [7, 11) is 0. The zero-order valence-corrected chi connectivity index (χ0v) is 11.7. The van der Waals surface area contributed by atoms with Gasteiger partial charge in [0, 0.05) is 18.5 Å². The van der Waals surface area contributed by atoms with Gasteiger partial charge in [-0.25, -0.2) is 4.98 Å². The van der Waals surface area contributed by atoms with Crippen LogP contribution in [0, 0.1) is 11.3 Å². The molecule has 96 valence electrons. The van der Waals surface area contributed by atoms with Gasteiger partial charge >= 0.3 is 0 Å². The number of pyridine rings is 1. The van der Waals surface area contributed by atoms with E-state index in [9.17, 15) is 5.26 Å². The largest absolute Gasteiger partial charge is 0.370 e. The first kappa shape index (κ1) is 12.3. The molecule has 1 saturated heterocycles. The fraction of sp³-hybridized carbons (Fsp3) is 0.333. The number of nitrogens with zero attached hydrogens (tertiary/aromatic N) is 3. The number of hydrogen-bond donors (Lipinski definition) is 0. The van der Waals surface area contributed by atoms with E-state index in [0.29, 0.717) is 0 Å². The van der Waals surface area contributed by atoms with Crippen LogP contribution in [-0.4, -0.2) is 24.3 Å². The van der Waals surface area contributed by atoms with Gasteiger partial charge in [0.05, 0.1) is 11.2 Å². The highest BCUT2D eigenvalue weighted by Gasteiger charge is 2.21. The van der Waals surface area contributed by atoms with Gasteiger partial charge in [-0.3, -0.25) is 0 Å². The molecule has 0 atom stereocenters. The van der Waals surface area contributed by atoms with Crippen molar-refractivity contribution in [1.82, 2.24) is 4.98 Å². The Bertz CT molecular complexity index is 654. The van der Waals surface area contributed by atoms with E-state index < -0.39 is 0 Å². The molecule has 0 saturated carbocycles. The van der Waals surface area contributed by atoms with Crippen LogP contribution in [0.2, 0.25) is 0 Å². The predicted octanol–water partition coefficient (Wildman–Crippen LogP) is 3.43. The summed E-state index contributed by atoms with van der Waals surface area (Å²) >= 11 is 1.55. The molecule has 19 heavy (non-hydrogen) atoms. The van der Waals surface area contributed by atoms with E-state index in [4.69, 9.17) is 0 Å². The first-order valence-electron chi connectivity index (χ1n) is 6.47. The molecule has 0 radical (unpaired) electrons. The Morgan fingerprint density at radius 1 is 1.26 bits per heavy atom. The molecule has 4 heteroatoms. The number of nitriles is 1. The minimum absolute atomic E-state index is 0.730. The van der Waals surface area contributed by atoms with Crippen molar-refractivity contribution < 1.29 is 0 Å². The van der Waals surface area contributed by atoms with Gasteiger partial charge in [0.1, 0.15) is 16.7 Å². The molecule has 1 aromatic carbocycles. The second-order valence-electron chi connectivity index (χ2n) is 4.67. The molecule has 3 nitrogen and oxygen atoms in total. The van der Waals surface area contributed by atoms with E-state index >= 15 is 0 Å². The number of fused-ring (bicyclic) bond motifs is 1. The molecule has 0 unspecified atom stereocenters. The monoisotopic (exact) mass is 269 g/mol. The lowest BCUT2D eigenvalue weighted by Crippen LogP contribution is -2.20. The highest BCUT2D eigenvalue weighted by molar-refractivity contribution is 7.98. The highest BCUT2D eigenvalue weighted by atomic mass is 32.2. The third-order valence-corrected chi connectivity index (χ3v) is 4.24. The van der Waals surface area contributed by atoms with Crippen LogP contribution < -0.4 is 4.90 Å². The average molecular weight is 269 g/mol. The van der Waals surface area contributed by atoms with Crippen molar-refractivity contribution in [3.05, 3.63) is 29.8 Å². The number of para-hydroxylation sites is 1. The first-order chi connectivity index (χ1) is 9.35. The minimum Gasteiger partial charge on any atom is -0.370 e. The molecule has 1 aromatic heterocycles. The maximum Gasteiger partial charge on any atom is 0.116 e. The Labute approximate surface area is 117 Å². The zero-order chi connectivity index (χ0) is 13.2. The molecule has 1 aliphatic rings. The Kier molecular flexibility index (Phi) is 3.31. The molecule has 2 heterocycles. The van der Waals surface area contributed by atoms with Gasteiger partial charge in [-0.2, -0.15) is 5.26 Å². The fourth-order valence-corrected chi connectivity index (χ4v) is 3.23. The molecule has 0 aliphatic carbocycles. The SMILES string of the molecule is CSc1nc2ccccc2c(N2CCCC2)c1C#N. The molecule has 1 fully saturated rings. The van der Waals surface area contributed by atoms with E-state index in [1.54, 1.807) is 11.8 Å². The molecule has 0 bridgehead atoms.